The van der Waals surface area contributed by atoms with Crippen molar-refractivity contribution in [3.8, 4) is 5.75 Å². The molecule has 0 aromatic heterocycles. The van der Waals surface area contributed by atoms with Crippen LogP contribution < -0.4 is 15.8 Å². The monoisotopic (exact) mass is 326 g/mol. The highest BCUT2D eigenvalue weighted by Crippen LogP contribution is 2.21. The average Bonchev–Trinajstić information content (AvgIpc) is 2.60. The van der Waals surface area contributed by atoms with E-state index in [1.165, 1.54) is 5.56 Å². The summed E-state index contributed by atoms with van der Waals surface area (Å²) in [5, 5.41) is 2.70. The second-order valence-corrected chi connectivity index (χ2v) is 5.66. The third kappa shape index (κ3) is 4.84. The number of carbonyl (C=O) groups is 2. The Morgan fingerprint density at radius 3 is 2.25 bits per heavy atom. The lowest BCUT2D eigenvalue weighted by Crippen LogP contribution is -2.20. The van der Waals surface area contributed by atoms with Crippen molar-refractivity contribution in [2.75, 3.05) is 11.9 Å². The van der Waals surface area contributed by atoms with Crippen LogP contribution in [0.2, 0.25) is 0 Å². The fourth-order valence-electron chi connectivity index (χ4n) is 2.19. The summed E-state index contributed by atoms with van der Waals surface area (Å²) >= 11 is 0. The van der Waals surface area contributed by atoms with Crippen LogP contribution in [-0.4, -0.2) is 18.4 Å². The molecule has 2 amide bonds. The Kier molecular flexibility index (Phi) is 5.95. The summed E-state index contributed by atoms with van der Waals surface area (Å²) in [7, 11) is 0. The number of anilines is 1. The van der Waals surface area contributed by atoms with Crippen molar-refractivity contribution in [1.82, 2.24) is 0 Å². The Balaban J connectivity index is 1.85. The normalized spacial score (nSPS) is 11.6. The summed E-state index contributed by atoms with van der Waals surface area (Å²) in [6, 6.07) is 14.2. The number of ether oxygens (including phenoxy) is 1. The van der Waals surface area contributed by atoms with Gasteiger partial charge in [-0.3, -0.25) is 9.59 Å². The van der Waals surface area contributed by atoms with E-state index in [9.17, 15) is 9.59 Å². The molecule has 5 nitrogen and oxygen atoms in total. The fourth-order valence-corrected chi connectivity index (χ4v) is 2.19. The standard InChI is InChI=1S/C19H22N2O3/c1-3-13(2)14-6-10-17(11-7-14)24-12-18(22)21-16-8-4-15(5-9-16)19(20)23/h4-11,13H,3,12H2,1-2H3,(H2,20,23)(H,21,22)/t13-/m1/s1. The number of hydrogen-bond acceptors (Lipinski definition) is 3. The van der Waals surface area contributed by atoms with Crippen molar-refractivity contribution >= 4 is 17.5 Å². The molecule has 0 spiro atoms. The van der Waals surface area contributed by atoms with Crippen molar-refractivity contribution < 1.29 is 14.3 Å². The van der Waals surface area contributed by atoms with Gasteiger partial charge < -0.3 is 15.8 Å². The molecular formula is C19H22N2O3. The highest BCUT2D eigenvalue weighted by atomic mass is 16.5. The van der Waals surface area contributed by atoms with E-state index in [1.54, 1.807) is 24.3 Å². The van der Waals surface area contributed by atoms with Crippen LogP contribution in [0.25, 0.3) is 0 Å². The third-order valence-corrected chi connectivity index (χ3v) is 3.88. The fraction of sp³-hybridized carbons (Fsp3) is 0.263. The predicted molar refractivity (Wildman–Crippen MR) is 94.2 cm³/mol. The lowest BCUT2D eigenvalue weighted by molar-refractivity contribution is -0.118. The molecule has 0 aliphatic carbocycles. The first kappa shape index (κ1) is 17.5. The summed E-state index contributed by atoms with van der Waals surface area (Å²) in [6.45, 7) is 4.24. The minimum Gasteiger partial charge on any atom is -0.484 e. The summed E-state index contributed by atoms with van der Waals surface area (Å²) < 4.78 is 5.48. The zero-order chi connectivity index (χ0) is 17.5. The molecule has 1 atom stereocenters. The topological polar surface area (TPSA) is 81.4 Å². The summed E-state index contributed by atoms with van der Waals surface area (Å²) in [5.74, 6) is 0.386. The molecule has 2 aromatic carbocycles. The van der Waals surface area contributed by atoms with Gasteiger partial charge in [0.25, 0.3) is 5.91 Å². The first-order valence-corrected chi connectivity index (χ1v) is 7.92. The van der Waals surface area contributed by atoms with E-state index < -0.39 is 5.91 Å². The predicted octanol–water partition coefficient (Wildman–Crippen LogP) is 3.32. The molecule has 24 heavy (non-hydrogen) atoms. The molecular weight excluding hydrogens is 304 g/mol. The highest BCUT2D eigenvalue weighted by Gasteiger charge is 2.06. The van der Waals surface area contributed by atoms with Crippen molar-refractivity contribution in [2.45, 2.75) is 26.2 Å². The maximum atomic E-state index is 11.9. The number of carbonyl (C=O) groups excluding carboxylic acids is 2. The zero-order valence-electron chi connectivity index (χ0n) is 13.9. The van der Waals surface area contributed by atoms with Gasteiger partial charge in [0.2, 0.25) is 5.91 Å². The van der Waals surface area contributed by atoms with E-state index in [0.29, 0.717) is 22.9 Å². The summed E-state index contributed by atoms with van der Waals surface area (Å²) in [5.41, 5.74) is 7.40. The first-order valence-electron chi connectivity index (χ1n) is 7.92. The Morgan fingerprint density at radius 1 is 1.08 bits per heavy atom. The number of nitrogens with two attached hydrogens (primary N) is 1. The van der Waals surface area contributed by atoms with Crippen LogP contribution in [0.5, 0.6) is 5.75 Å². The van der Waals surface area contributed by atoms with Gasteiger partial charge in [-0.15, -0.1) is 0 Å². The first-order chi connectivity index (χ1) is 11.5. The number of hydrogen-bond donors (Lipinski definition) is 2. The van der Waals surface area contributed by atoms with Gasteiger partial charge in [-0.25, -0.2) is 0 Å². The Labute approximate surface area is 141 Å². The van der Waals surface area contributed by atoms with E-state index in [0.717, 1.165) is 6.42 Å². The van der Waals surface area contributed by atoms with Gasteiger partial charge in [-0.1, -0.05) is 26.0 Å². The van der Waals surface area contributed by atoms with Crippen LogP contribution in [0.15, 0.2) is 48.5 Å². The lowest BCUT2D eigenvalue weighted by atomic mass is 9.99. The van der Waals surface area contributed by atoms with E-state index >= 15 is 0 Å². The van der Waals surface area contributed by atoms with Crippen LogP contribution in [-0.2, 0) is 4.79 Å². The molecule has 0 aliphatic rings. The zero-order valence-corrected chi connectivity index (χ0v) is 13.9. The highest BCUT2D eigenvalue weighted by molar-refractivity contribution is 5.95. The van der Waals surface area contributed by atoms with Crippen LogP contribution in [0.1, 0.15) is 42.1 Å². The van der Waals surface area contributed by atoms with Gasteiger partial charge in [-0.2, -0.15) is 0 Å². The number of amides is 2. The molecule has 2 aromatic rings. The van der Waals surface area contributed by atoms with E-state index in [4.69, 9.17) is 10.5 Å². The minimum absolute atomic E-state index is 0.0831. The number of benzene rings is 2. The molecule has 0 unspecified atom stereocenters. The Morgan fingerprint density at radius 2 is 1.71 bits per heavy atom. The molecule has 0 bridgehead atoms. The van der Waals surface area contributed by atoms with Crippen LogP contribution >= 0.6 is 0 Å². The Bertz CT molecular complexity index is 694. The Hall–Kier alpha value is -2.82. The van der Waals surface area contributed by atoms with Gasteiger partial charge >= 0.3 is 0 Å². The van der Waals surface area contributed by atoms with Gasteiger partial charge in [0.05, 0.1) is 0 Å². The molecule has 0 saturated carbocycles. The second kappa shape index (κ2) is 8.15. The molecule has 2 rings (SSSR count). The third-order valence-electron chi connectivity index (χ3n) is 3.88. The van der Waals surface area contributed by atoms with E-state index in [2.05, 4.69) is 19.2 Å². The molecule has 0 fully saturated rings. The SMILES string of the molecule is CC[C@@H](C)c1ccc(OCC(=O)Nc2ccc(C(N)=O)cc2)cc1. The van der Waals surface area contributed by atoms with Gasteiger partial charge in [0.15, 0.2) is 6.61 Å². The van der Waals surface area contributed by atoms with Crippen LogP contribution in [0.3, 0.4) is 0 Å². The van der Waals surface area contributed by atoms with Gasteiger partial charge in [0, 0.05) is 11.3 Å². The molecule has 0 saturated heterocycles. The lowest BCUT2D eigenvalue weighted by Gasteiger charge is -2.11. The van der Waals surface area contributed by atoms with Crippen molar-refractivity contribution in [2.24, 2.45) is 5.73 Å². The number of primary amides is 1. The van der Waals surface area contributed by atoms with Crippen molar-refractivity contribution in [3.63, 3.8) is 0 Å². The summed E-state index contributed by atoms with van der Waals surface area (Å²) in [4.78, 5) is 22.9. The number of nitrogens with one attached hydrogen (secondary N) is 1. The van der Waals surface area contributed by atoms with E-state index in [-0.39, 0.29) is 12.5 Å². The second-order valence-electron chi connectivity index (χ2n) is 5.66. The maximum Gasteiger partial charge on any atom is 0.262 e. The van der Waals surface area contributed by atoms with Crippen LogP contribution in [0.4, 0.5) is 5.69 Å². The largest absolute Gasteiger partial charge is 0.484 e. The van der Waals surface area contributed by atoms with Crippen molar-refractivity contribution in [3.05, 3.63) is 59.7 Å². The van der Waals surface area contributed by atoms with E-state index in [1.807, 2.05) is 24.3 Å². The average molecular weight is 326 g/mol. The van der Waals surface area contributed by atoms with Gasteiger partial charge in [-0.05, 0) is 54.3 Å². The molecule has 0 aliphatic heterocycles. The van der Waals surface area contributed by atoms with Crippen LogP contribution in [0, 0.1) is 0 Å². The smallest absolute Gasteiger partial charge is 0.262 e. The minimum atomic E-state index is -0.503. The maximum absolute atomic E-state index is 11.9. The molecule has 5 heteroatoms. The molecule has 0 radical (unpaired) electrons. The number of rotatable bonds is 7. The molecule has 3 N–H and O–H groups in total. The molecule has 0 heterocycles. The van der Waals surface area contributed by atoms with Crippen molar-refractivity contribution in [1.29, 1.82) is 0 Å². The quantitative estimate of drug-likeness (QED) is 0.819. The molecule has 126 valence electrons. The summed E-state index contributed by atoms with van der Waals surface area (Å²) in [6.07, 6.45) is 1.08. The van der Waals surface area contributed by atoms with Gasteiger partial charge in [0.1, 0.15) is 5.75 Å².